The van der Waals surface area contributed by atoms with Crippen molar-refractivity contribution in [3.63, 3.8) is 0 Å². The van der Waals surface area contributed by atoms with E-state index in [1.54, 1.807) is 36.4 Å². The van der Waals surface area contributed by atoms with Crippen LogP contribution in [-0.4, -0.2) is 17.6 Å². The molecule has 1 N–H and O–H groups in total. The van der Waals surface area contributed by atoms with Gasteiger partial charge in [0.1, 0.15) is 16.7 Å². The lowest BCUT2D eigenvalue weighted by Crippen LogP contribution is -2.26. The third kappa shape index (κ3) is 3.59. The molecule has 0 unspecified atom stereocenters. The van der Waals surface area contributed by atoms with Crippen molar-refractivity contribution >= 4 is 46.6 Å². The first-order valence-electron chi connectivity index (χ1n) is 7.74. The van der Waals surface area contributed by atoms with Crippen LogP contribution in [-0.2, 0) is 9.59 Å². The molecule has 2 aromatic carbocycles. The Bertz CT molecular complexity index is 948. The van der Waals surface area contributed by atoms with Crippen molar-refractivity contribution in [1.82, 2.24) is 0 Å². The second-order valence-corrected chi connectivity index (χ2v) is 6.95. The smallest absolute Gasteiger partial charge is 0.269 e. The van der Waals surface area contributed by atoms with Crippen LogP contribution in [0, 0.1) is 18.3 Å². The van der Waals surface area contributed by atoms with Crippen molar-refractivity contribution in [3.05, 3.63) is 69.7 Å². The van der Waals surface area contributed by atoms with Gasteiger partial charge in [0.25, 0.3) is 5.91 Å². The lowest BCUT2D eigenvalue weighted by Gasteiger charge is -2.18. The minimum absolute atomic E-state index is 0.124. The van der Waals surface area contributed by atoms with Gasteiger partial charge in [0.15, 0.2) is 0 Å². The number of carbonyl (C=O) groups excluding carboxylic acids is 2. The fourth-order valence-electron chi connectivity index (χ4n) is 2.45. The van der Waals surface area contributed by atoms with Gasteiger partial charge in [0, 0.05) is 5.69 Å². The monoisotopic (exact) mass is 383 g/mol. The molecule has 1 fully saturated rings. The minimum atomic E-state index is -0.602. The van der Waals surface area contributed by atoms with Gasteiger partial charge < -0.3 is 5.32 Å². The largest absolute Gasteiger partial charge is 0.320 e. The molecule has 0 aliphatic carbocycles. The number of hydrogen-bond acceptors (Lipinski definition) is 4. The zero-order chi connectivity index (χ0) is 18.7. The topological polar surface area (TPSA) is 73.2 Å². The Morgan fingerprint density at radius 3 is 2.58 bits per heavy atom. The molecule has 0 bridgehead atoms. The summed E-state index contributed by atoms with van der Waals surface area (Å²) in [6.45, 7) is 1.94. The summed E-state index contributed by atoms with van der Waals surface area (Å²) >= 11 is 7.23. The highest BCUT2D eigenvalue weighted by molar-refractivity contribution is 8.04. The van der Waals surface area contributed by atoms with E-state index in [1.807, 2.05) is 25.1 Å². The van der Waals surface area contributed by atoms with E-state index >= 15 is 0 Å². The van der Waals surface area contributed by atoms with Gasteiger partial charge in [0.2, 0.25) is 5.91 Å². The molecule has 5 nitrogen and oxygen atoms in total. The number of anilines is 2. The number of nitrogens with zero attached hydrogens (tertiary/aromatic N) is 2. The molecular formula is C19H14ClN3O2S. The quantitative estimate of drug-likeness (QED) is 0.639. The molecule has 26 heavy (non-hydrogen) atoms. The third-order valence-corrected chi connectivity index (χ3v) is 5.13. The van der Waals surface area contributed by atoms with Crippen molar-refractivity contribution in [1.29, 1.82) is 5.26 Å². The summed E-state index contributed by atoms with van der Waals surface area (Å²) in [5.74, 6) is -0.602. The maximum absolute atomic E-state index is 12.6. The predicted molar refractivity (Wildman–Crippen MR) is 104 cm³/mol. The number of nitriles is 1. The molecule has 0 saturated carbocycles. The van der Waals surface area contributed by atoms with E-state index in [4.69, 9.17) is 11.6 Å². The Morgan fingerprint density at radius 2 is 1.92 bits per heavy atom. The number of halogens is 1. The van der Waals surface area contributed by atoms with Gasteiger partial charge in [-0.3, -0.25) is 14.5 Å². The highest BCUT2D eigenvalue weighted by Gasteiger charge is 2.33. The van der Waals surface area contributed by atoms with Crippen LogP contribution in [0.15, 0.2) is 59.1 Å². The molecule has 130 valence electrons. The number of hydrogen-bond donors (Lipinski definition) is 1. The molecule has 3 rings (SSSR count). The molecule has 2 amide bonds. The van der Waals surface area contributed by atoms with E-state index in [1.165, 1.54) is 16.7 Å². The van der Waals surface area contributed by atoms with Crippen LogP contribution in [0.25, 0.3) is 0 Å². The molecule has 1 saturated heterocycles. The van der Waals surface area contributed by atoms with Crippen molar-refractivity contribution in [2.24, 2.45) is 0 Å². The van der Waals surface area contributed by atoms with Crippen molar-refractivity contribution < 1.29 is 9.59 Å². The van der Waals surface area contributed by atoms with Gasteiger partial charge >= 0.3 is 0 Å². The van der Waals surface area contributed by atoms with E-state index in [-0.39, 0.29) is 17.2 Å². The molecule has 1 aliphatic heterocycles. The highest BCUT2D eigenvalue weighted by Crippen LogP contribution is 2.36. The van der Waals surface area contributed by atoms with Crippen LogP contribution >= 0.6 is 23.4 Å². The van der Waals surface area contributed by atoms with E-state index < -0.39 is 5.91 Å². The number of nitrogens with one attached hydrogen (secondary N) is 1. The van der Waals surface area contributed by atoms with Crippen LogP contribution < -0.4 is 10.2 Å². The first kappa shape index (κ1) is 18.1. The number of thioether (sulfide) groups is 1. The first-order valence-corrected chi connectivity index (χ1v) is 9.10. The van der Waals surface area contributed by atoms with Gasteiger partial charge in [-0.1, -0.05) is 53.2 Å². The number of carbonyl (C=O) groups is 2. The summed E-state index contributed by atoms with van der Waals surface area (Å²) in [6, 6.07) is 16.0. The van der Waals surface area contributed by atoms with Crippen molar-refractivity contribution in [3.8, 4) is 6.07 Å². The number of benzene rings is 2. The van der Waals surface area contributed by atoms with Gasteiger partial charge in [-0.05, 0) is 31.2 Å². The summed E-state index contributed by atoms with van der Waals surface area (Å²) in [5, 5.41) is 12.9. The SMILES string of the molecule is Cc1ccc(N2C(=O)CS/C2=C(/C#N)C(=O)Nc2ccccc2Cl)cc1. The number of aryl methyl sites for hydroxylation is 1. The molecule has 0 spiro atoms. The van der Waals surface area contributed by atoms with Crippen molar-refractivity contribution in [2.45, 2.75) is 6.92 Å². The summed E-state index contributed by atoms with van der Waals surface area (Å²) < 4.78 is 0. The summed E-state index contributed by atoms with van der Waals surface area (Å²) in [4.78, 5) is 26.4. The number of para-hydroxylation sites is 1. The molecule has 7 heteroatoms. The lowest BCUT2D eigenvalue weighted by atomic mass is 10.2. The summed E-state index contributed by atoms with van der Waals surface area (Å²) in [6.07, 6.45) is 0. The predicted octanol–water partition coefficient (Wildman–Crippen LogP) is 4.10. The van der Waals surface area contributed by atoms with Crippen LogP contribution in [0.4, 0.5) is 11.4 Å². The Kier molecular flexibility index (Phi) is 5.31. The zero-order valence-electron chi connectivity index (χ0n) is 13.8. The lowest BCUT2D eigenvalue weighted by molar-refractivity contribution is -0.115. The number of rotatable bonds is 3. The fourth-order valence-corrected chi connectivity index (χ4v) is 3.65. The van der Waals surface area contributed by atoms with E-state index in [9.17, 15) is 14.9 Å². The van der Waals surface area contributed by atoms with E-state index in [0.717, 1.165) is 5.56 Å². The Balaban J connectivity index is 1.97. The molecule has 1 aliphatic rings. The molecule has 0 aromatic heterocycles. The second kappa shape index (κ2) is 7.65. The van der Waals surface area contributed by atoms with Crippen molar-refractivity contribution in [2.75, 3.05) is 16.0 Å². The first-order chi connectivity index (χ1) is 12.5. The number of amides is 2. The van der Waals surface area contributed by atoms with Gasteiger partial charge in [-0.2, -0.15) is 5.26 Å². The summed E-state index contributed by atoms with van der Waals surface area (Å²) in [7, 11) is 0. The highest BCUT2D eigenvalue weighted by atomic mass is 35.5. The molecular weight excluding hydrogens is 370 g/mol. The third-order valence-electron chi connectivity index (χ3n) is 3.75. The van der Waals surface area contributed by atoms with Gasteiger partial charge in [0.05, 0.1) is 16.5 Å². The maximum Gasteiger partial charge on any atom is 0.269 e. The molecule has 1 heterocycles. The van der Waals surface area contributed by atoms with Gasteiger partial charge in [-0.15, -0.1) is 0 Å². The van der Waals surface area contributed by atoms with Crippen LogP contribution in [0.1, 0.15) is 5.56 Å². The Hall–Kier alpha value is -2.75. The van der Waals surface area contributed by atoms with E-state index in [2.05, 4.69) is 5.32 Å². The Morgan fingerprint density at radius 1 is 1.23 bits per heavy atom. The minimum Gasteiger partial charge on any atom is -0.320 e. The normalized spacial score (nSPS) is 15.6. The summed E-state index contributed by atoms with van der Waals surface area (Å²) in [5.41, 5.74) is 1.96. The van der Waals surface area contributed by atoms with Crippen LogP contribution in [0.2, 0.25) is 5.02 Å². The van der Waals surface area contributed by atoms with Crippen LogP contribution in [0.3, 0.4) is 0 Å². The van der Waals surface area contributed by atoms with Crippen LogP contribution in [0.5, 0.6) is 0 Å². The molecule has 2 aromatic rings. The Labute approximate surface area is 160 Å². The maximum atomic E-state index is 12.6. The molecule has 0 radical (unpaired) electrons. The van der Waals surface area contributed by atoms with Gasteiger partial charge in [-0.25, -0.2) is 0 Å². The average Bonchev–Trinajstić information content (AvgIpc) is 3.00. The van der Waals surface area contributed by atoms with E-state index in [0.29, 0.717) is 21.4 Å². The fraction of sp³-hybridized carbons (Fsp3) is 0.105. The standard InChI is InChI=1S/C19H14ClN3O2S/c1-12-6-8-13(9-7-12)23-17(24)11-26-19(23)14(10-21)18(25)22-16-5-3-2-4-15(16)20/h2-9H,11H2,1H3,(H,22,25)/b19-14-. The second-order valence-electron chi connectivity index (χ2n) is 5.58. The molecule has 0 atom stereocenters. The average molecular weight is 384 g/mol. The zero-order valence-corrected chi connectivity index (χ0v) is 15.4.